The van der Waals surface area contributed by atoms with Crippen molar-refractivity contribution >= 4 is 28.9 Å². The van der Waals surface area contributed by atoms with Crippen molar-refractivity contribution in [2.75, 3.05) is 11.9 Å². The summed E-state index contributed by atoms with van der Waals surface area (Å²) in [6.45, 7) is 4.05. The number of aryl methyl sites for hydroxylation is 1. The minimum absolute atomic E-state index is 0.323. The van der Waals surface area contributed by atoms with Crippen molar-refractivity contribution in [2.24, 2.45) is 0 Å². The number of pyridine rings is 1. The number of rotatable bonds is 8. The van der Waals surface area contributed by atoms with E-state index >= 15 is 0 Å². The molecule has 2 aromatic heterocycles. The molecule has 1 N–H and O–H groups in total. The Balaban J connectivity index is 1.60. The van der Waals surface area contributed by atoms with E-state index in [0.717, 1.165) is 0 Å². The van der Waals surface area contributed by atoms with Crippen molar-refractivity contribution in [3.05, 3.63) is 95.1 Å². The van der Waals surface area contributed by atoms with Crippen LogP contribution in [0.2, 0.25) is 0 Å². The molecule has 0 bridgehead atoms. The van der Waals surface area contributed by atoms with Crippen LogP contribution in [-0.4, -0.2) is 28.5 Å². The number of aromatic nitrogens is 2. The lowest BCUT2D eigenvalue weighted by Crippen LogP contribution is -2.26. The molecule has 4 aromatic rings. The highest BCUT2D eigenvalue weighted by Crippen LogP contribution is 2.30. The predicted molar refractivity (Wildman–Crippen MR) is 131 cm³/mol. The number of hydrogen-bond acceptors (Lipinski definition) is 7. The second-order valence-electron chi connectivity index (χ2n) is 7.26. The van der Waals surface area contributed by atoms with Gasteiger partial charge in [-0.3, -0.25) is 9.78 Å². The summed E-state index contributed by atoms with van der Waals surface area (Å²) >= 11 is 1.18. The lowest BCUT2D eigenvalue weighted by Gasteiger charge is -2.19. The number of benzene rings is 2. The number of hydrogen-bond donors (Lipinski definition) is 1. The van der Waals surface area contributed by atoms with Gasteiger partial charge in [-0.05, 0) is 38.1 Å². The highest BCUT2D eigenvalue weighted by atomic mass is 32.1. The first-order valence-electron chi connectivity index (χ1n) is 10.7. The van der Waals surface area contributed by atoms with Crippen LogP contribution in [0.25, 0.3) is 10.7 Å². The van der Waals surface area contributed by atoms with Gasteiger partial charge >= 0.3 is 5.97 Å². The van der Waals surface area contributed by atoms with Gasteiger partial charge in [-0.25, -0.2) is 9.78 Å². The third-order valence-electron chi connectivity index (χ3n) is 4.88. The molecule has 8 heteroatoms. The van der Waals surface area contributed by atoms with E-state index in [-0.39, 0.29) is 0 Å². The van der Waals surface area contributed by atoms with Crippen LogP contribution < -0.4 is 10.1 Å². The van der Waals surface area contributed by atoms with Crippen LogP contribution in [0.1, 0.15) is 34.0 Å². The van der Waals surface area contributed by atoms with Gasteiger partial charge in [0.1, 0.15) is 15.6 Å². The average Bonchev–Trinajstić information content (AvgIpc) is 3.26. The van der Waals surface area contributed by atoms with E-state index in [4.69, 9.17) is 9.47 Å². The summed E-state index contributed by atoms with van der Waals surface area (Å²) in [6, 6.07) is 21.5. The number of amides is 1. The molecule has 1 unspecified atom stereocenters. The minimum atomic E-state index is -1.16. The van der Waals surface area contributed by atoms with E-state index in [9.17, 15) is 9.59 Å². The molecule has 0 saturated carbocycles. The fourth-order valence-corrected chi connectivity index (χ4v) is 4.22. The van der Waals surface area contributed by atoms with E-state index in [1.165, 1.54) is 11.3 Å². The maximum Gasteiger partial charge on any atom is 0.351 e. The Hall–Kier alpha value is -4.04. The quantitative estimate of drug-likeness (QED) is 0.342. The van der Waals surface area contributed by atoms with E-state index < -0.39 is 18.0 Å². The lowest BCUT2D eigenvalue weighted by molar-refractivity contribution is -0.125. The Morgan fingerprint density at radius 1 is 1.00 bits per heavy atom. The Bertz CT molecular complexity index is 1280. The first kappa shape index (κ1) is 23.1. The van der Waals surface area contributed by atoms with Gasteiger partial charge in [0.15, 0.2) is 0 Å². The lowest BCUT2D eigenvalue weighted by atomic mass is 10.1. The SMILES string of the molecule is CCOc1ccccc1NC(=O)C(OC(=O)c1sc(-c2ccccn2)nc1C)c1ccccc1. The molecule has 2 aromatic carbocycles. The number of carbonyl (C=O) groups excluding carboxylic acids is 2. The van der Waals surface area contributed by atoms with Crippen LogP contribution in [0.5, 0.6) is 5.75 Å². The summed E-state index contributed by atoms with van der Waals surface area (Å²) in [6.07, 6.45) is 0.503. The van der Waals surface area contributed by atoms with Crippen molar-refractivity contribution in [1.82, 2.24) is 9.97 Å². The molecular weight excluding hydrogens is 450 g/mol. The molecule has 34 heavy (non-hydrogen) atoms. The number of ether oxygens (including phenoxy) is 2. The monoisotopic (exact) mass is 473 g/mol. The zero-order valence-corrected chi connectivity index (χ0v) is 19.5. The summed E-state index contributed by atoms with van der Waals surface area (Å²) in [5.74, 6) is -0.576. The van der Waals surface area contributed by atoms with Crippen molar-refractivity contribution in [3.63, 3.8) is 0 Å². The molecular formula is C26H23N3O4S. The Morgan fingerprint density at radius 2 is 1.74 bits per heavy atom. The van der Waals surface area contributed by atoms with Gasteiger partial charge in [0.25, 0.3) is 5.91 Å². The summed E-state index contributed by atoms with van der Waals surface area (Å²) in [5.41, 5.74) is 2.23. The molecule has 0 aliphatic rings. The van der Waals surface area contributed by atoms with Crippen molar-refractivity contribution in [3.8, 4) is 16.5 Å². The molecule has 0 aliphatic heterocycles. The average molecular weight is 474 g/mol. The molecule has 4 rings (SSSR count). The van der Waals surface area contributed by atoms with Crippen LogP contribution in [0, 0.1) is 6.92 Å². The maximum atomic E-state index is 13.3. The van der Waals surface area contributed by atoms with Crippen LogP contribution >= 0.6 is 11.3 Å². The van der Waals surface area contributed by atoms with E-state index in [1.807, 2.05) is 37.3 Å². The zero-order valence-electron chi connectivity index (χ0n) is 18.7. The topological polar surface area (TPSA) is 90.4 Å². The molecule has 2 heterocycles. The third kappa shape index (κ3) is 5.29. The van der Waals surface area contributed by atoms with Gasteiger partial charge in [0, 0.05) is 11.8 Å². The molecule has 7 nitrogen and oxygen atoms in total. The number of carbonyl (C=O) groups is 2. The fraction of sp³-hybridized carbons (Fsp3) is 0.154. The third-order valence-corrected chi connectivity index (χ3v) is 6.04. The summed E-state index contributed by atoms with van der Waals surface area (Å²) in [4.78, 5) is 35.5. The highest BCUT2D eigenvalue weighted by molar-refractivity contribution is 7.17. The molecule has 172 valence electrons. The van der Waals surface area contributed by atoms with Gasteiger partial charge < -0.3 is 14.8 Å². The van der Waals surface area contributed by atoms with Crippen molar-refractivity contribution in [2.45, 2.75) is 20.0 Å². The first-order valence-corrected chi connectivity index (χ1v) is 11.6. The largest absolute Gasteiger partial charge is 0.492 e. The normalized spacial score (nSPS) is 11.5. The van der Waals surface area contributed by atoms with Crippen LogP contribution in [0.15, 0.2) is 79.0 Å². The number of thiazole rings is 1. The van der Waals surface area contributed by atoms with Crippen LogP contribution in [0.3, 0.4) is 0 Å². The summed E-state index contributed by atoms with van der Waals surface area (Å²) in [7, 11) is 0. The van der Waals surface area contributed by atoms with E-state index in [2.05, 4.69) is 15.3 Å². The van der Waals surface area contributed by atoms with Gasteiger partial charge in [-0.2, -0.15) is 0 Å². The Labute approximate surface area is 201 Å². The molecule has 0 saturated heterocycles. The molecule has 0 spiro atoms. The van der Waals surface area contributed by atoms with E-state index in [0.29, 0.717) is 44.9 Å². The highest BCUT2D eigenvalue weighted by Gasteiger charge is 2.28. The van der Waals surface area contributed by atoms with Crippen molar-refractivity contribution in [1.29, 1.82) is 0 Å². The molecule has 0 fully saturated rings. The Morgan fingerprint density at radius 3 is 2.47 bits per heavy atom. The zero-order chi connectivity index (χ0) is 23.9. The smallest absolute Gasteiger partial charge is 0.351 e. The molecule has 0 aliphatic carbocycles. The standard InChI is InChI=1S/C26H23N3O4S/c1-3-32-21-15-8-7-13-19(21)29-24(30)22(18-11-5-4-6-12-18)33-26(31)23-17(2)28-25(34-23)20-14-9-10-16-27-20/h4-16,22H,3H2,1-2H3,(H,29,30). The Kier molecular flexibility index (Phi) is 7.29. The van der Waals surface area contributed by atoms with Gasteiger partial charge in [0.2, 0.25) is 6.10 Å². The van der Waals surface area contributed by atoms with Gasteiger partial charge in [0.05, 0.1) is 23.7 Å². The van der Waals surface area contributed by atoms with Crippen molar-refractivity contribution < 1.29 is 19.1 Å². The summed E-state index contributed by atoms with van der Waals surface area (Å²) < 4.78 is 11.3. The first-order chi connectivity index (χ1) is 16.6. The van der Waals surface area contributed by atoms with E-state index in [1.54, 1.807) is 55.6 Å². The fourth-order valence-electron chi connectivity index (χ4n) is 3.30. The van der Waals surface area contributed by atoms with Gasteiger partial charge in [-0.1, -0.05) is 48.5 Å². The number of nitrogens with zero attached hydrogens (tertiary/aromatic N) is 2. The van der Waals surface area contributed by atoms with Crippen LogP contribution in [-0.2, 0) is 9.53 Å². The maximum absolute atomic E-state index is 13.3. The predicted octanol–water partition coefficient (Wildman–Crippen LogP) is 5.45. The number of anilines is 1. The summed E-state index contributed by atoms with van der Waals surface area (Å²) in [5, 5.41) is 3.44. The minimum Gasteiger partial charge on any atom is -0.492 e. The molecule has 1 amide bonds. The molecule has 0 radical (unpaired) electrons. The second kappa shape index (κ2) is 10.7. The number of nitrogens with one attached hydrogen (secondary N) is 1. The van der Waals surface area contributed by atoms with Gasteiger partial charge in [-0.15, -0.1) is 11.3 Å². The second-order valence-corrected chi connectivity index (χ2v) is 8.26. The number of para-hydroxylation sites is 2. The van der Waals surface area contributed by atoms with Crippen LogP contribution in [0.4, 0.5) is 5.69 Å². The molecule has 1 atom stereocenters. The number of esters is 1.